The number of thiazole rings is 1. The van der Waals surface area contributed by atoms with Gasteiger partial charge in [0.15, 0.2) is 21.1 Å². The van der Waals surface area contributed by atoms with Crippen LogP contribution in [-0.4, -0.2) is 71.6 Å². The van der Waals surface area contributed by atoms with Gasteiger partial charge in [0.1, 0.15) is 31.5 Å². The zero-order valence-corrected chi connectivity index (χ0v) is 21.0. The number of nitrogens with zero attached hydrogens (tertiary/aromatic N) is 3. The number of hydrogen-bond acceptors (Lipinski definition) is 12. The van der Waals surface area contributed by atoms with E-state index in [1.807, 2.05) is 0 Å². The number of carbonyl (C=O) groups excluding carboxylic acids is 3. The average molecular weight is 505 g/mol. The van der Waals surface area contributed by atoms with Gasteiger partial charge in [0.05, 0.1) is 5.56 Å². The van der Waals surface area contributed by atoms with Crippen LogP contribution >= 0.6 is 11.3 Å². The van der Waals surface area contributed by atoms with Crippen molar-refractivity contribution >= 4 is 50.3 Å². The zero-order valence-electron chi connectivity index (χ0n) is 17.3. The fourth-order valence-electron chi connectivity index (χ4n) is 2.84. The van der Waals surface area contributed by atoms with Gasteiger partial charge >= 0.3 is 35.5 Å². The van der Waals surface area contributed by atoms with Crippen molar-refractivity contribution in [2.45, 2.75) is 12.1 Å². The smallest absolute Gasteiger partial charge is 0.731 e. The van der Waals surface area contributed by atoms with Gasteiger partial charge in [-0.2, -0.15) is 0 Å². The van der Waals surface area contributed by atoms with Crippen LogP contribution in [0.4, 0.5) is 5.13 Å². The van der Waals surface area contributed by atoms with Gasteiger partial charge in [-0.15, -0.1) is 11.3 Å². The normalized spacial score (nSPS) is 18.1. The van der Waals surface area contributed by atoms with Crippen LogP contribution in [0.15, 0.2) is 40.9 Å². The predicted molar refractivity (Wildman–Crippen MR) is 109 cm³/mol. The first-order chi connectivity index (χ1) is 15.1. The van der Waals surface area contributed by atoms with Crippen molar-refractivity contribution in [3.05, 3.63) is 47.0 Å². The van der Waals surface area contributed by atoms with Crippen molar-refractivity contribution in [3.8, 4) is 0 Å². The first-order valence-electron chi connectivity index (χ1n) is 8.78. The molecule has 3 N–H and O–H groups in total. The van der Waals surface area contributed by atoms with E-state index in [2.05, 4.69) is 20.3 Å². The van der Waals surface area contributed by atoms with E-state index in [9.17, 15) is 27.4 Å². The maximum atomic E-state index is 12.6. The monoisotopic (exact) mass is 505 g/mol. The fourth-order valence-corrected chi connectivity index (χ4v) is 4.23. The van der Waals surface area contributed by atoms with Crippen LogP contribution in [0, 0.1) is 0 Å². The quantitative estimate of drug-likeness (QED) is 0.0894. The number of oxime groups is 1. The third-order valence-electron chi connectivity index (χ3n) is 4.25. The third-order valence-corrected chi connectivity index (χ3v) is 5.86. The number of ether oxygens (including phenoxy) is 1. The molecule has 33 heavy (non-hydrogen) atoms. The summed E-state index contributed by atoms with van der Waals surface area (Å²) in [5.74, 6) is -2.95. The van der Waals surface area contributed by atoms with Gasteiger partial charge < -0.3 is 25.2 Å². The van der Waals surface area contributed by atoms with E-state index in [4.69, 9.17) is 10.5 Å². The summed E-state index contributed by atoms with van der Waals surface area (Å²) >= 11 is 1.03. The number of β-lactam (4-membered cyclic amide) rings is 1. The molecule has 16 heteroatoms. The van der Waals surface area contributed by atoms with Gasteiger partial charge in [-0.1, -0.05) is 23.4 Å². The van der Waals surface area contributed by atoms with Crippen LogP contribution in [0.2, 0.25) is 0 Å². The molecular formula is C17H16N5NaO8S2. The van der Waals surface area contributed by atoms with Gasteiger partial charge in [0, 0.05) is 5.38 Å². The van der Waals surface area contributed by atoms with E-state index in [-0.39, 0.29) is 56.0 Å². The first-order valence-corrected chi connectivity index (χ1v) is 11.0. The molecule has 2 atom stereocenters. The van der Waals surface area contributed by atoms with E-state index in [1.54, 1.807) is 18.2 Å². The molecule has 0 saturated carbocycles. The number of carbonyl (C=O) groups is 3. The minimum Gasteiger partial charge on any atom is -0.731 e. The van der Waals surface area contributed by atoms with E-state index >= 15 is 0 Å². The van der Waals surface area contributed by atoms with E-state index in [0.29, 0.717) is 0 Å². The molecule has 1 fully saturated rings. The van der Waals surface area contributed by atoms with Crippen LogP contribution in [0.3, 0.4) is 0 Å². The summed E-state index contributed by atoms with van der Waals surface area (Å²) in [5.41, 5.74) is 5.44. The molecule has 0 radical (unpaired) electrons. The SMILES string of the molecule is CON=C(C(=O)N[C@H]1C(=O)N(S(=O)(=O)[O-])[C@H]1COC(=O)c1ccccc1)c1csc(N)n1.[Na+]. The number of hydrogen-bond donors (Lipinski definition) is 2. The van der Waals surface area contributed by atoms with Crippen LogP contribution < -0.4 is 40.6 Å². The number of esters is 1. The van der Waals surface area contributed by atoms with Crippen molar-refractivity contribution in [1.29, 1.82) is 0 Å². The molecule has 1 saturated heterocycles. The van der Waals surface area contributed by atoms with Crippen molar-refractivity contribution in [2.75, 3.05) is 19.5 Å². The topological polar surface area (TPSA) is 193 Å². The molecule has 2 amide bonds. The molecule has 0 bridgehead atoms. The Hall–Kier alpha value is -2.56. The molecular weight excluding hydrogens is 489 g/mol. The van der Waals surface area contributed by atoms with Crippen molar-refractivity contribution in [3.63, 3.8) is 0 Å². The second kappa shape index (κ2) is 11.0. The number of nitrogens with two attached hydrogens (primary N) is 1. The third kappa shape index (κ3) is 6.07. The van der Waals surface area contributed by atoms with Crippen LogP contribution in [0.1, 0.15) is 16.1 Å². The molecule has 13 nitrogen and oxygen atoms in total. The predicted octanol–water partition coefficient (Wildman–Crippen LogP) is -3.91. The van der Waals surface area contributed by atoms with Crippen LogP contribution in [-0.2, 0) is 29.5 Å². The maximum Gasteiger partial charge on any atom is 1.00 e. The summed E-state index contributed by atoms with van der Waals surface area (Å²) in [5, 5.41) is 7.38. The van der Waals surface area contributed by atoms with Crippen molar-refractivity contribution in [2.24, 2.45) is 5.16 Å². The van der Waals surface area contributed by atoms with E-state index in [1.165, 1.54) is 24.6 Å². The van der Waals surface area contributed by atoms with Gasteiger partial charge in [0.2, 0.25) is 0 Å². The van der Waals surface area contributed by atoms with Crippen molar-refractivity contribution < 1.29 is 66.5 Å². The van der Waals surface area contributed by atoms with Gasteiger partial charge in [-0.3, -0.25) is 9.59 Å². The number of benzene rings is 1. The molecule has 0 spiro atoms. The number of aromatic nitrogens is 1. The number of amides is 2. The first kappa shape index (κ1) is 26.7. The molecule has 1 aliphatic rings. The Bertz CT molecular complexity index is 1170. The Labute approximate surface area is 214 Å². The molecule has 2 aromatic rings. The van der Waals surface area contributed by atoms with Gasteiger partial charge in [-0.25, -0.2) is 22.5 Å². The summed E-state index contributed by atoms with van der Waals surface area (Å²) < 4.78 is 39.5. The zero-order chi connectivity index (χ0) is 23.5. The Morgan fingerprint density at radius 2 is 2.00 bits per heavy atom. The minimum absolute atomic E-state index is 0. The van der Waals surface area contributed by atoms with Gasteiger partial charge in [0.25, 0.3) is 11.8 Å². The number of nitrogens with one attached hydrogen (secondary N) is 1. The average Bonchev–Trinajstić information content (AvgIpc) is 3.17. The second-order valence-corrected chi connectivity index (χ2v) is 8.41. The summed E-state index contributed by atoms with van der Waals surface area (Å²) in [6, 6.07) is 4.84. The fraction of sp³-hybridized carbons (Fsp3) is 0.235. The Morgan fingerprint density at radius 3 is 2.55 bits per heavy atom. The molecule has 0 unspecified atom stereocenters. The standard InChI is InChI=1S/C17H17N5O8S2.Na/c1-29-21-12(10-8-31-17(18)19-10)14(23)20-13-11(22(15(13)24)32(26,27)28)7-30-16(25)9-5-3-2-4-6-9;/h2-6,8,11,13H,7H2,1H3,(H2,18,19)(H,20,23)(H,26,27,28);/q;+1/p-1/t11-,13+;/m0./s1. The largest absolute Gasteiger partial charge is 1.00 e. The molecule has 1 aromatic heterocycles. The summed E-state index contributed by atoms with van der Waals surface area (Å²) in [7, 11) is -4.04. The van der Waals surface area contributed by atoms with Crippen LogP contribution in [0.25, 0.3) is 0 Å². The number of nitrogen functional groups attached to an aromatic ring is 1. The van der Waals surface area contributed by atoms with E-state index in [0.717, 1.165) is 11.3 Å². The second-order valence-electron chi connectivity index (χ2n) is 6.27. The number of rotatable bonds is 8. The number of anilines is 1. The Morgan fingerprint density at radius 1 is 1.33 bits per heavy atom. The molecule has 170 valence electrons. The molecule has 1 aromatic carbocycles. The summed E-state index contributed by atoms with van der Waals surface area (Å²) in [6.07, 6.45) is 0. The Balaban J connectivity index is 0.00000385. The molecule has 2 heterocycles. The molecule has 3 rings (SSSR count). The minimum atomic E-state index is -5.22. The molecule has 0 aliphatic carbocycles. The summed E-state index contributed by atoms with van der Waals surface area (Å²) in [4.78, 5) is 45.6. The van der Waals surface area contributed by atoms with Crippen LogP contribution in [0.5, 0.6) is 0 Å². The van der Waals surface area contributed by atoms with Gasteiger partial charge in [-0.05, 0) is 12.1 Å². The molecule has 1 aliphatic heterocycles. The maximum absolute atomic E-state index is 12.6. The van der Waals surface area contributed by atoms with E-state index < -0.39 is 46.8 Å². The Kier molecular flexibility index (Phi) is 8.93. The summed E-state index contributed by atoms with van der Waals surface area (Å²) in [6.45, 7) is -0.660. The van der Waals surface area contributed by atoms with Crippen molar-refractivity contribution in [1.82, 2.24) is 14.6 Å².